The van der Waals surface area contributed by atoms with Crippen molar-refractivity contribution in [1.82, 2.24) is 0 Å². The van der Waals surface area contributed by atoms with Gasteiger partial charge in [0.25, 0.3) is 0 Å². The van der Waals surface area contributed by atoms with E-state index in [-0.39, 0.29) is 3.79 Å². The van der Waals surface area contributed by atoms with Crippen LogP contribution in [0.3, 0.4) is 0 Å². The predicted molar refractivity (Wildman–Crippen MR) is 111 cm³/mol. The smallest absolute Gasteiger partial charge is 0.222 e. The lowest BCUT2D eigenvalue weighted by molar-refractivity contribution is 0.110. The number of aldehydes is 1. The van der Waals surface area contributed by atoms with Crippen LogP contribution in [0, 0.1) is 0 Å². The molecule has 0 aliphatic rings. The molecule has 3 aromatic rings. The second-order valence-corrected chi connectivity index (χ2v) is 6.54. The summed E-state index contributed by atoms with van der Waals surface area (Å²) < 4.78 is 5.24. The number of methoxy groups -OCH3 is 1. The highest BCUT2D eigenvalue weighted by Crippen LogP contribution is 2.35. The van der Waals surface area contributed by atoms with Crippen LogP contribution in [0.15, 0.2) is 72.8 Å². The van der Waals surface area contributed by atoms with Gasteiger partial charge in [-0.15, -0.1) is 0 Å². The number of anilines is 3. The van der Waals surface area contributed by atoms with E-state index >= 15 is 0 Å². The van der Waals surface area contributed by atoms with Crippen LogP contribution in [0.1, 0.15) is 20.7 Å². The molecule has 0 amide bonds. The average molecular weight is 457 g/mol. The summed E-state index contributed by atoms with van der Waals surface area (Å²) in [6.45, 7) is 0. The number of rotatable bonds is 6. The van der Waals surface area contributed by atoms with Gasteiger partial charge in [-0.1, -0.05) is 0 Å². The van der Waals surface area contributed by atoms with Crippen molar-refractivity contribution < 1.29 is 14.3 Å². The number of carbonyl (C=O) groups is 2. The second-order valence-electron chi connectivity index (χ2n) is 5.56. The fourth-order valence-electron chi connectivity index (χ4n) is 2.62. The molecule has 4 nitrogen and oxygen atoms in total. The number of ether oxygens (including phenoxy) is 1. The molecule has 0 spiro atoms. The van der Waals surface area contributed by atoms with Crippen molar-refractivity contribution in [2.75, 3.05) is 12.0 Å². The Morgan fingerprint density at radius 3 is 1.73 bits per heavy atom. The van der Waals surface area contributed by atoms with Crippen molar-refractivity contribution in [1.29, 1.82) is 0 Å². The molecule has 0 saturated heterocycles. The minimum absolute atomic E-state index is 0.000448. The summed E-state index contributed by atoms with van der Waals surface area (Å²) in [6.07, 6.45) is 0.822. The van der Waals surface area contributed by atoms with Crippen molar-refractivity contribution in [2.45, 2.75) is 0 Å². The SMILES string of the molecule is COc1ccc(N(c2ccc(C=O)cc2)c2ccc(C(=O)I)cc2)cc1. The monoisotopic (exact) mass is 457 g/mol. The zero-order valence-electron chi connectivity index (χ0n) is 14.1. The molecule has 0 bridgehead atoms. The van der Waals surface area contributed by atoms with E-state index in [1.165, 1.54) is 0 Å². The van der Waals surface area contributed by atoms with Gasteiger partial charge < -0.3 is 9.64 Å². The third-order valence-corrected chi connectivity index (χ3v) is 4.59. The van der Waals surface area contributed by atoms with Gasteiger partial charge in [0.1, 0.15) is 12.0 Å². The van der Waals surface area contributed by atoms with E-state index in [9.17, 15) is 9.59 Å². The zero-order chi connectivity index (χ0) is 18.5. The van der Waals surface area contributed by atoms with Crippen LogP contribution in [0.25, 0.3) is 0 Å². The fraction of sp³-hybridized carbons (Fsp3) is 0.0476. The molecular weight excluding hydrogens is 441 g/mol. The fourth-order valence-corrected chi connectivity index (χ4v) is 2.98. The molecule has 26 heavy (non-hydrogen) atoms. The van der Waals surface area contributed by atoms with E-state index in [0.29, 0.717) is 11.1 Å². The number of hydrogen-bond acceptors (Lipinski definition) is 4. The molecule has 0 aliphatic carbocycles. The van der Waals surface area contributed by atoms with Crippen LogP contribution in [-0.2, 0) is 0 Å². The third kappa shape index (κ3) is 3.94. The molecule has 130 valence electrons. The predicted octanol–water partition coefficient (Wildman–Crippen LogP) is 5.55. The lowest BCUT2D eigenvalue weighted by atomic mass is 10.1. The Labute approximate surface area is 165 Å². The van der Waals surface area contributed by atoms with Crippen LogP contribution in [0.5, 0.6) is 5.75 Å². The molecule has 5 heteroatoms. The van der Waals surface area contributed by atoms with Gasteiger partial charge in [-0.05, 0) is 72.8 Å². The second kappa shape index (κ2) is 8.14. The van der Waals surface area contributed by atoms with Crippen LogP contribution in [-0.4, -0.2) is 17.2 Å². The Balaban J connectivity index is 2.07. The molecule has 0 saturated carbocycles. The molecule has 0 radical (unpaired) electrons. The maximum atomic E-state index is 11.5. The van der Waals surface area contributed by atoms with Gasteiger partial charge in [-0.2, -0.15) is 0 Å². The van der Waals surface area contributed by atoms with Gasteiger partial charge in [-0.3, -0.25) is 9.59 Å². The minimum atomic E-state index is 0.000448. The summed E-state index contributed by atoms with van der Waals surface area (Å²) in [5, 5.41) is 0. The first-order valence-corrected chi connectivity index (χ1v) is 8.99. The Hall–Kier alpha value is -2.67. The molecule has 3 aromatic carbocycles. The highest BCUT2D eigenvalue weighted by atomic mass is 127. The number of benzene rings is 3. The molecular formula is C21H16INO3. The van der Waals surface area contributed by atoms with Gasteiger partial charge >= 0.3 is 0 Å². The van der Waals surface area contributed by atoms with E-state index in [0.717, 1.165) is 29.1 Å². The lowest BCUT2D eigenvalue weighted by Gasteiger charge is -2.25. The van der Waals surface area contributed by atoms with Crippen molar-refractivity contribution in [2.24, 2.45) is 0 Å². The van der Waals surface area contributed by atoms with Gasteiger partial charge in [-0.25, -0.2) is 0 Å². The maximum absolute atomic E-state index is 11.5. The summed E-state index contributed by atoms with van der Waals surface area (Å²) >= 11 is 1.78. The molecule has 0 N–H and O–H groups in total. The molecule has 0 aliphatic heterocycles. The molecule has 3 rings (SSSR count). The van der Waals surface area contributed by atoms with Gasteiger partial charge in [0.05, 0.1) is 7.11 Å². The first-order valence-electron chi connectivity index (χ1n) is 7.91. The molecule has 0 aromatic heterocycles. The standard InChI is InChI=1S/C21H16INO3/c1-26-20-12-10-19(11-13-20)23(17-6-2-15(14-24)3-7-17)18-8-4-16(5-9-18)21(22)25/h2-14H,1H3. The lowest BCUT2D eigenvalue weighted by Crippen LogP contribution is -2.10. The summed E-state index contributed by atoms with van der Waals surface area (Å²) in [6, 6.07) is 22.5. The van der Waals surface area contributed by atoms with Crippen LogP contribution in [0.2, 0.25) is 0 Å². The number of hydrogen-bond donors (Lipinski definition) is 0. The average Bonchev–Trinajstić information content (AvgIpc) is 2.69. The van der Waals surface area contributed by atoms with E-state index in [1.807, 2.05) is 48.5 Å². The van der Waals surface area contributed by atoms with Crippen molar-refractivity contribution >= 4 is 49.7 Å². The Morgan fingerprint density at radius 1 is 0.846 bits per heavy atom. The molecule has 0 fully saturated rings. The van der Waals surface area contributed by atoms with Crippen molar-refractivity contribution in [3.63, 3.8) is 0 Å². The summed E-state index contributed by atoms with van der Waals surface area (Å²) in [5.41, 5.74) is 4.04. The van der Waals surface area contributed by atoms with Crippen molar-refractivity contribution in [3.8, 4) is 5.75 Å². The molecule has 0 unspecified atom stereocenters. The van der Waals surface area contributed by atoms with Gasteiger partial charge in [0.2, 0.25) is 3.79 Å². The molecule has 0 atom stereocenters. The normalized spacial score (nSPS) is 10.2. The van der Waals surface area contributed by atoms with Crippen LogP contribution < -0.4 is 9.64 Å². The first kappa shape index (κ1) is 18.1. The Kier molecular flexibility index (Phi) is 5.68. The maximum Gasteiger partial charge on any atom is 0.222 e. The van der Waals surface area contributed by atoms with Crippen molar-refractivity contribution in [3.05, 3.63) is 83.9 Å². The topological polar surface area (TPSA) is 46.6 Å². The van der Waals surface area contributed by atoms with Crippen LogP contribution >= 0.6 is 22.6 Å². The summed E-state index contributed by atoms with van der Waals surface area (Å²) in [4.78, 5) is 24.5. The summed E-state index contributed by atoms with van der Waals surface area (Å²) in [7, 11) is 1.63. The third-order valence-electron chi connectivity index (χ3n) is 3.97. The molecule has 0 heterocycles. The van der Waals surface area contributed by atoms with E-state index in [4.69, 9.17) is 4.74 Å². The van der Waals surface area contributed by atoms with E-state index in [1.54, 1.807) is 54.0 Å². The number of carbonyl (C=O) groups excluding carboxylic acids is 2. The highest BCUT2D eigenvalue weighted by molar-refractivity contribution is 14.1. The van der Waals surface area contributed by atoms with Gasteiger partial charge in [0, 0.05) is 50.8 Å². The quantitative estimate of drug-likeness (QED) is 0.277. The number of nitrogens with zero attached hydrogens (tertiary/aromatic N) is 1. The van der Waals surface area contributed by atoms with Gasteiger partial charge in [0.15, 0.2) is 0 Å². The summed E-state index contributed by atoms with van der Waals surface area (Å²) in [5.74, 6) is 0.774. The number of halogens is 1. The van der Waals surface area contributed by atoms with E-state index < -0.39 is 0 Å². The largest absolute Gasteiger partial charge is 0.497 e. The first-order chi connectivity index (χ1) is 12.6. The Bertz CT molecular complexity index is 903. The van der Waals surface area contributed by atoms with E-state index in [2.05, 4.69) is 4.90 Å². The Morgan fingerprint density at radius 2 is 1.31 bits per heavy atom. The highest BCUT2D eigenvalue weighted by Gasteiger charge is 2.13. The minimum Gasteiger partial charge on any atom is -0.497 e. The van der Waals surface area contributed by atoms with Crippen LogP contribution in [0.4, 0.5) is 17.1 Å². The zero-order valence-corrected chi connectivity index (χ0v) is 16.2.